The van der Waals surface area contributed by atoms with Crippen molar-refractivity contribution in [1.82, 2.24) is 10.2 Å². The second-order valence-corrected chi connectivity index (χ2v) is 9.25. The summed E-state index contributed by atoms with van der Waals surface area (Å²) in [4.78, 5) is 28.3. The standard InChI is InChI=1S/C28H30F2N2O2S/c1-2-16-31-28(34)26(17-21-6-4-3-5-7-21)32(18-22-8-12-24(29)13-9-22)27(33)20-35-19-23-10-14-25(30)15-11-23/h3-15,26H,2,16-20H2,1H3,(H,31,34). The smallest absolute Gasteiger partial charge is 0.243 e. The van der Waals surface area contributed by atoms with Gasteiger partial charge in [0.2, 0.25) is 11.8 Å². The lowest BCUT2D eigenvalue weighted by molar-refractivity contribution is -0.139. The highest BCUT2D eigenvalue weighted by atomic mass is 32.2. The minimum absolute atomic E-state index is 0.158. The molecule has 0 aromatic heterocycles. The molecule has 0 radical (unpaired) electrons. The van der Waals surface area contributed by atoms with Crippen molar-refractivity contribution in [2.75, 3.05) is 12.3 Å². The van der Waals surface area contributed by atoms with Crippen LogP contribution in [-0.2, 0) is 28.3 Å². The number of amides is 2. The van der Waals surface area contributed by atoms with Crippen molar-refractivity contribution in [2.24, 2.45) is 0 Å². The zero-order valence-electron chi connectivity index (χ0n) is 19.8. The average Bonchev–Trinajstić information content (AvgIpc) is 2.87. The van der Waals surface area contributed by atoms with E-state index < -0.39 is 6.04 Å². The molecule has 3 aromatic carbocycles. The Kier molecular flexibility index (Phi) is 10.3. The van der Waals surface area contributed by atoms with E-state index in [1.165, 1.54) is 36.0 Å². The summed E-state index contributed by atoms with van der Waals surface area (Å²) >= 11 is 1.41. The van der Waals surface area contributed by atoms with Gasteiger partial charge in [-0.1, -0.05) is 61.5 Å². The number of rotatable bonds is 12. The molecule has 7 heteroatoms. The van der Waals surface area contributed by atoms with Crippen molar-refractivity contribution in [3.05, 3.63) is 107 Å². The molecule has 0 saturated heterocycles. The molecular weight excluding hydrogens is 466 g/mol. The fourth-order valence-corrected chi connectivity index (χ4v) is 4.50. The summed E-state index contributed by atoms with van der Waals surface area (Å²) in [5.41, 5.74) is 2.60. The van der Waals surface area contributed by atoms with Gasteiger partial charge in [-0.25, -0.2) is 8.78 Å². The number of nitrogens with zero attached hydrogens (tertiary/aromatic N) is 1. The number of hydrogen-bond acceptors (Lipinski definition) is 3. The van der Waals surface area contributed by atoms with Crippen molar-refractivity contribution in [2.45, 2.75) is 38.1 Å². The topological polar surface area (TPSA) is 49.4 Å². The Bertz CT molecular complexity index is 1080. The third-order valence-electron chi connectivity index (χ3n) is 5.49. The van der Waals surface area contributed by atoms with Gasteiger partial charge in [-0.15, -0.1) is 11.8 Å². The second kappa shape index (κ2) is 13.6. The molecule has 0 heterocycles. The molecular formula is C28H30F2N2O2S. The first kappa shape index (κ1) is 26.4. The molecule has 4 nitrogen and oxygen atoms in total. The van der Waals surface area contributed by atoms with Crippen LogP contribution < -0.4 is 5.32 Å². The van der Waals surface area contributed by atoms with Crippen LogP contribution in [0.15, 0.2) is 78.9 Å². The van der Waals surface area contributed by atoms with Gasteiger partial charge >= 0.3 is 0 Å². The van der Waals surface area contributed by atoms with Crippen molar-refractivity contribution in [1.29, 1.82) is 0 Å². The van der Waals surface area contributed by atoms with Gasteiger partial charge in [-0.05, 0) is 47.4 Å². The van der Waals surface area contributed by atoms with Crippen molar-refractivity contribution >= 4 is 23.6 Å². The molecule has 0 bridgehead atoms. The third-order valence-corrected chi connectivity index (χ3v) is 6.48. The van der Waals surface area contributed by atoms with E-state index in [1.807, 2.05) is 37.3 Å². The summed E-state index contributed by atoms with van der Waals surface area (Å²) in [6.45, 7) is 2.68. The lowest BCUT2D eigenvalue weighted by Gasteiger charge is -2.31. The van der Waals surface area contributed by atoms with E-state index in [2.05, 4.69) is 5.32 Å². The van der Waals surface area contributed by atoms with Crippen LogP contribution in [-0.4, -0.2) is 35.1 Å². The van der Waals surface area contributed by atoms with E-state index in [-0.39, 0.29) is 35.7 Å². The Balaban J connectivity index is 1.81. The van der Waals surface area contributed by atoms with Crippen molar-refractivity contribution in [3.8, 4) is 0 Å². The fourth-order valence-electron chi connectivity index (χ4n) is 3.63. The van der Waals surface area contributed by atoms with E-state index in [9.17, 15) is 18.4 Å². The molecule has 1 atom stereocenters. The Morgan fingerprint density at radius 3 is 2.06 bits per heavy atom. The SMILES string of the molecule is CCCNC(=O)C(Cc1ccccc1)N(Cc1ccc(F)cc1)C(=O)CSCc1ccc(F)cc1. The average molecular weight is 497 g/mol. The van der Waals surface area contributed by atoms with E-state index in [4.69, 9.17) is 0 Å². The summed E-state index contributed by atoms with van der Waals surface area (Å²) in [5, 5.41) is 2.94. The Morgan fingerprint density at radius 2 is 1.46 bits per heavy atom. The van der Waals surface area contributed by atoms with Gasteiger partial charge in [-0.3, -0.25) is 9.59 Å². The minimum Gasteiger partial charge on any atom is -0.354 e. The molecule has 0 spiro atoms. The Labute approximate surface area is 209 Å². The highest BCUT2D eigenvalue weighted by Crippen LogP contribution is 2.19. The number of thioether (sulfide) groups is 1. The quantitative estimate of drug-likeness (QED) is 0.367. The van der Waals surface area contributed by atoms with Gasteiger partial charge in [0.15, 0.2) is 0 Å². The van der Waals surface area contributed by atoms with Crippen LogP contribution in [0.1, 0.15) is 30.0 Å². The molecule has 35 heavy (non-hydrogen) atoms. The highest BCUT2D eigenvalue weighted by Gasteiger charge is 2.30. The van der Waals surface area contributed by atoms with Crippen LogP contribution >= 0.6 is 11.8 Å². The van der Waals surface area contributed by atoms with Gasteiger partial charge in [0.1, 0.15) is 17.7 Å². The molecule has 0 aliphatic rings. The summed E-state index contributed by atoms with van der Waals surface area (Å²) < 4.78 is 26.7. The number of carbonyl (C=O) groups is 2. The first-order valence-corrected chi connectivity index (χ1v) is 12.8. The predicted octanol–water partition coefficient (Wildman–Crippen LogP) is 5.36. The maximum atomic E-state index is 13.5. The lowest BCUT2D eigenvalue weighted by Crippen LogP contribution is -2.51. The molecule has 1 unspecified atom stereocenters. The van der Waals surface area contributed by atoms with E-state index in [0.29, 0.717) is 18.7 Å². The van der Waals surface area contributed by atoms with Crippen LogP contribution in [0, 0.1) is 11.6 Å². The van der Waals surface area contributed by atoms with E-state index in [0.717, 1.165) is 23.1 Å². The Hall–Kier alpha value is -3.19. The van der Waals surface area contributed by atoms with Crippen molar-refractivity contribution in [3.63, 3.8) is 0 Å². The molecule has 0 aliphatic heterocycles. The lowest BCUT2D eigenvalue weighted by atomic mass is 10.0. The van der Waals surface area contributed by atoms with Crippen LogP contribution in [0.25, 0.3) is 0 Å². The third kappa shape index (κ3) is 8.51. The largest absolute Gasteiger partial charge is 0.354 e. The van der Waals surface area contributed by atoms with Gasteiger partial charge in [0.05, 0.1) is 5.75 Å². The summed E-state index contributed by atoms with van der Waals surface area (Å²) in [6.07, 6.45) is 1.15. The van der Waals surface area contributed by atoms with Crippen LogP contribution in [0.2, 0.25) is 0 Å². The van der Waals surface area contributed by atoms with E-state index >= 15 is 0 Å². The minimum atomic E-state index is -0.715. The van der Waals surface area contributed by atoms with Crippen LogP contribution in [0.5, 0.6) is 0 Å². The number of nitrogens with one attached hydrogen (secondary N) is 1. The summed E-state index contributed by atoms with van der Waals surface area (Å²) in [6, 6.07) is 21.0. The zero-order chi connectivity index (χ0) is 25.0. The van der Waals surface area contributed by atoms with Crippen LogP contribution in [0.3, 0.4) is 0 Å². The number of benzene rings is 3. The number of hydrogen-bond donors (Lipinski definition) is 1. The van der Waals surface area contributed by atoms with Gasteiger partial charge in [0, 0.05) is 25.3 Å². The first-order valence-electron chi connectivity index (χ1n) is 11.6. The molecule has 184 valence electrons. The highest BCUT2D eigenvalue weighted by molar-refractivity contribution is 7.99. The molecule has 0 saturated carbocycles. The number of carbonyl (C=O) groups excluding carboxylic acids is 2. The summed E-state index contributed by atoms with van der Waals surface area (Å²) in [5.74, 6) is -0.360. The second-order valence-electron chi connectivity index (χ2n) is 8.26. The molecule has 3 rings (SSSR count). The molecule has 0 aliphatic carbocycles. The molecule has 1 N–H and O–H groups in total. The predicted molar refractivity (Wildman–Crippen MR) is 137 cm³/mol. The maximum Gasteiger partial charge on any atom is 0.243 e. The molecule has 0 fully saturated rings. The number of halogens is 2. The fraction of sp³-hybridized carbons (Fsp3) is 0.286. The van der Waals surface area contributed by atoms with Gasteiger partial charge < -0.3 is 10.2 Å². The monoisotopic (exact) mass is 496 g/mol. The van der Waals surface area contributed by atoms with Gasteiger partial charge in [0.25, 0.3) is 0 Å². The zero-order valence-corrected chi connectivity index (χ0v) is 20.6. The van der Waals surface area contributed by atoms with Crippen LogP contribution in [0.4, 0.5) is 8.78 Å². The van der Waals surface area contributed by atoms with E-state index in [1.54, 1.807) is 29.2 Å². The molecule has 3 aromatic rings. The van der Waals surface area contributed by atoms with Gasteiger partial charge in [-0.2, -0.15) is 0 Å². The van der Waals surface area contributed by atoms with Crippen molar-refractivity contribution < 1.29 is 18.4 Å². The maximum absolute atomic E-state index is 13.5. The normalized spacial score (nSPS) is 11.6. The Morgan fingerprint density at radius 1 is 0.857 bits per heavy atom. The molecule has 2 amide bonds. The summed E-state index contributed by atoms with van der Waals surface area (Å²) in [7, 11) is 0. The first-order chi connectivity index (χ1) is 17.0.